The van der Waals surface area contributed by atoms with Crippen molar-refractivity contribution in [2.24, 2.45) is 5.92 Å². The first-order chi connectivity index (χ1) is 5.27. The van der Waals surface area contributed by atoms with Crippen LogP contribution in [0, 0.1) is 5.92 Å². The van der Waals surface area contributed by atoms with Crippen molar-refractivity contribution in [3.63, 3.8) is 0 Å². The summed E-state index contributed by atoms with van der Waals surface area (Å²) >= 11 is 0. The predicted octanol–water partition coefficient (Wildman–Crippen LogP) is -0.0104. The van der Waals surface area contributed by atoms with Crippen molar-refractivity contribution in [3.8, 4) is 0 Å². The summed E-state index contributed by atoms with van der Waals surface area (Å²) in [6.07, 6.45) is 2.62. The van der Waals surface area contributed by atoms with Gasteiger partial charge in [-0.15, -0.1) is 0 Å². The van der Waals surface area contributed by atoms with Crippen molar-refractivity contribution in [1.29, 1.82) is 0 Å². The first-order valence-electron chi connectivity index (χ1n) is 4.24. The van der Waals surface area contributed by atoms with Gasteiger partial charge < -0.3 is 10.0 Å². The van der Waals surface area contributed by atoms with Crippen molar-refractivity contribution in [2.45, 2.75) is 25.4 Å². The summed E-state index contributed by atoms with van der Waals surface area (Å²) in [5.74, 6) is 0.571. The summed E-state index contributed by atoms with van der Waals surface area (Å²) in [5, 5.41) is 9.16. The number of rotatable bonds is 1. The molecule has 0 aromatic heterocycles. The Bertz CT molecular complexity index is 177. The quantitative estimate of drug-likeness (QED) is 0.578. The van der Waals surface area contributed by atoms with E-state index in [9.17, 15) is 4.79 Å². The minimum atomic E-state index is -0.266. The van der Waals surface area contributed by atoms with Gasteiger partial charge in [-0.05, 0) is 19.3 Å². The molecule has 0 unspecified atom stereocenters. The summed E-state index contributed by atoms with van der Waals surface area (Å²) in [7, 11) is 0. The first-order valence-corrected chi connectivity index (χ1v) is 4.24. The number of hydrogen-bond donors (Lipinski definition) is 1. The molecule has 2 fully saturated rings. The highest BCUT2D eigenvalue weighted by molar-refractivity contribution is 5.81. The molecule has 1 aliphatic heterocycles. The SMILES string of the molecule is O=C(C1CC1)N1CC[C@@H](O)C1. The third-order valence-electron chi connectivity index (χ3n) is 2.40. The number of nitrogens with zero attached hydrogens (tertiary/aromatic N) is 1. The lowest BCUT2D eigenvalue weighted by Gasteiger charge is -2.14. The van der Waals surface area contributed by atoms with E-state index in [0.29, 0.717) is 12.5 Å². The molecule has 0 spiro atoms. The number of aliphatic hydroxyl groups excluding tert-OH is 1. The van der Waals surface area contributed by atoms with Gasteiger partial charge in [0.2, 0.25) is 5.91 Å². The smallest absolute Gasteiger partial charge is 0.225 e. The van der Waals surface area contributed by atoms with Gasteiger partial charge in [-0.3, -0.25) is 4.79 Å². The summed E-state index contributed by atoms with van der Waals surface area (Å²) in [4.78, 5) is 13.2. The second-order valence-corrected chi connectivity index (χ2v) is 3.50. The number of β-amino-alcohol motifs (C(OH)–C–C–N with tert-alkyl or cyclic N) is 1. The predicted molar refractivity (Wildman–Crippen MR) is 39.9 cm³/mol. The van der Waals surface area contributed by atoms with E-state index in [1.165, 1.54) is 0 Å². The second-order valence-electron chi connectivity index (χ2n) is 3.50. The molecule has 0 bridgehead atoms. The Morgan fingerprint density at radius 1 is 1.36 bits per heavy atom. The highest BCUT2D eigenvalue weighted by Crippen LogP contribution is 2.31. The van der Waals surface area contributed by atoms with Crippen molar-refractivity contribution in [3.05, 3.63) is 0 Å². The third-order valence-corrected chi connectivity index (χ3v) is 2.40. The van der Waals surface area contributed by atoms with Gasteiger partial charge in [0.15, 0.2) is 0 Å². The molecule has 62 valence electrons. The average molecular weight is 155 g/mol. The molecule has 0 radical (unpaired) electrons. The lowest BCUT2D eigenvalue weighted by molar-refractivity contribution is -0.131. The minimum Gasteiger partial charge on any atom is -0.391 e. The number of amides is 1. The van der Waals surface area contributed by atoms with E-state index in [4.69, 9.17) is 5.11 Å². The summed E-state index contributed by atoms with van der Waals surface area (Å²) in [6, 6.07) is 0. The van der Waals surface area contributed by atoms with Crippen molar-refractivity contribution in [2.75, 3.05) is 13.1 Å². The van der Waals surface area contributed by atoms with Crippen LogP contribution in [0.4, 0.5) is 0 Å². The van der Waals surface area contributed by atoms with Crippen LogP contribution in [0.2, 0.25) is 0 Å². The van der Waals surface area contributed by atoms with Crippen molar-refractivity contribution < 1.29 is 9.90 Å². The molecule has 1 amide bonds. The zero-order chi connectivity index (χ0) is 7.84. The van der Waals surface area contributed by atoms with E-state index in [2.05, 4.69) is 0 Å². The third kappa shape index (κ3) is 1.38. The number of aliphatic hydroxyl groups is 1. The maximum atomic E-state index is 11.4. The number of hydrogen-bond acceptors (Lipinski definition) is 2. The Kier molecular flexibility index (Phi) is 1.60. The van der Waals surface area contributed by atoms with Crippen molar-refractivity contribution >= 4 is 5.91 Å². The molecule has 0 aromatic rings. The van der Waals surface area contributed by atoms with Gasteiger partial charge >= 0.3 is 0 Å². The molecular formula is C8H13NO2. The molecule has 2 aliphatic rings. The monoisotopic (exact) mass is 155 g/mol. The normalized spacial score (nSPS) is 31.0. The molecule has 11 heavy (non-hydrogen) atoms. The van der Waals surface area contributed by atoms with Gasteiger partial charge in [-0.1, -0.05) is 0 Å². The highest BCUT2D eigenvalue weighted by atomic mass is 16.3. The lowest BCUT2D eigenvalue weighted by Crippen LogP contribution is -2.30. The van der Waals surface area contributed by atoms with Crippen LogP contribution in [-0.2, 0) is 4.79 Å². The topological polar surface area (TPSA) is 40.5 Å². The van der Waals surface area contributed by atoms with Crippen LogP contribution in [0.3, 0.4) is 0 Å². The van der Waals surface area contributed by atoms with Gasteiger partial charge in [-0.25, -0.2) is 0 Å². The van der Waals surface area contributed by atoms with Gasteiger partial charge in [0.05, 0.1) is 6.10 Å². The summed E-state index contributed by atoms with van der Waals surface area (Å²) in [6.45, 7) is 1.33. The van der Waals surface area contributed by atoms with Gasteiger partial charge in [0.1, 0.15) is 0 Å². The number of carbonyl (C=O) groups is 1. The van der Waals surface area contributed by atoms with E-state index in [-0.39, 0.29) is 12.0 Å². The maximum Gasteiger partial charge on any atom is 0.225 e. The number of carbonyl (C=O) groups excluding carboxylic acids is 1. The molecule has 3 nitrogen and oxygen atoms in total. The molecule has 3 heteroatoms. The van der Waals surface area contributed by atoms with E-state index >= 15 is 0 Å². The maximum absolute atomic E-state index is 11.4. The zero-order valence-electron chi connectivity index (χ0n) is 6.49. The Morgan fingerprint density at radius 2 is 2.09 bits per heavy atom. The Morgan fingerprint density at radius 3 is 2.55 bits per heavy atom. The summed E-state index contributed by atoms with van der Waals surface area (Å²) in [5.41, 5.74) is 0. The van der Waals surface area contributed by atoms with E-state index < -0.39 is 0 Å². The van der Waals surface area contributed by atoms with Crippen LogP contribution in [0.25, 0.3) is 0 Å². The standard InChI is InChI=1S/C8H13NO2/c10-7-3-4-9(5-7)8(11)6-1-2-6/h6-7,10H,1-5H2/t7-/m1/s1. The molecular weight excluding hydrogens is 142 g/mol. The molecule has 0 aromatic carbocycles. The van der Waals surface area contributed by atoms with Crippen LogP contribution >= 0.6 is 0 Å². The molecule has 1 heterocycles. The Balaban J connectivity index is 1.89. The molecule has 1 atom stereocenters. The summed E-state index contributed by atoms with van der Waals surface area (Å²) < 4.78 is 0. The molecule has 1 saturated heterocycles. The second kappa shape index (κ2) is 2.48. The van der Waals surface area contributed by atoms with E-state index in [0.717, 1.165) is 25.8 Å². The van der Waals surface area contributed by atoms with Crippen LogP contribution in [0.1, 0.15) is 19.3 Å². The van der Waals surface area contributed by atoms with Crippen LogP contribution in [-0.4, -0.2) is 35.1 Å². The van der Waals surface area contributed by atoms with Crippen LogP contribution in [0.15, 0.2) is 0 Å². The molecule has 1 aliphatic carbocycles. The molecule has 2 rings (SSSR count). The fourth-order valence-corrected chi connectivity index (χ4v) is 1.53. The average Bonchev–Trinajstić information content (AvgIpc) is 2.74. The van der Waals surface area contributed by atoms with Crippen LogP contribution in [0.5, 0.6) is 0 Å². The minimum absolute atomic E-state index is 0.265. The van der Waals surface area contributed by atoms with E-state index in [1.807, 2.05) is 0 Å². The van der Waals surface area contributed by atoms with Gasteiger partial charge in [0.25, 0.3) is 0 Å². The lowest BCUT2D eigenvalue weighted by atomic mass is 10.3. The van der Waals surface area contributed by atoms with Gasteiger partial charge in [0, 0.05) is 19.0 Å². The van der Waals surface area contributed by atoms with Gasteiger partial charge in [-0.2, -0.15) is 0 Å². The fraction of sp³-hybridized carbons (Fsp3) is 0.875. The Hall–Kier alpha value is -0.570. The Labute approximate surface area is 66.0 Å². The largest absolute Gasteiger partial charge is 0.391 e. The fourth-order valence-electron chi connectivity index (χ4n) is 1.53. The first kappa shape index (κ1) is 7.10. The number of likely N-dealkylation sites (tertiary alicyclic amines) is 1. The van der Waals surface area contributed by atoms with Crippen molar-refractivity contribution in [1.82, 2.24) is 4.90 Å². The zero-order valence-corrected chi connectivity index (χ0v) is 6.49. The van der Waals surface area contributed by atoms with Crippen LogP contribution < -0.4 is 0 Å². The highest BCUT2D eigenvalue weighted by Gasteiger charge is 2.35. The molecule has 1 saturated carbocycles. The molecule has 1 N–H and O–H groups in total. The van der Waals surface area contributed by atoms with E-state index in [1.54, 1.807) is 4.90 Å².